The number of hydrogen-bond acceptors (Lipinski definition) is 2. The second-order valence-corrected chi connectivity index (χ2v) is 18.2. The van der Waals surface area contributed by atoms with Crippen molar-refractivity contribution in [1.29, 1.82) is 0 Å². The van der Waals surface area contributed by atoms with Gasteiger partial charge < -0.3 is 9.53 Å². The number of aliphatic hydroxyl groups is 1. The van der Waals surface area contributed by atoms with Crippen LogP contribution in [0.15, 0.2) is 94.7 Å². The Bertz CT molecular complexity index is 1170. The van der Waals surface area contributed by atoms with Gasteiger partial charge in [-0.05, 0) is 93.0 Å². The van der Waals surface area contributed by atoms with Crippen molar-refractivity contribution in [3.63, 3.8) is 0 Å². The van der Waals surface area contributed by atoms with Gasteiger partial charge in [-0.2, -0.15) is 0 Å². The van der Waals surface area contributed by atoms with Crippen molar-refractivity contribution in [2.75, 3.05) is 0 Å². The summed E-state index contributed by atoms with van der Waals surface area (Å²) in [5.74, 6) is 0. The molecule has 4 aliphatic carbocycles. The minimum atomic E-state index is -1.98. The van der Waals surface area contributed by atoms with Gasteiger partial charge in [0.25, 0.3) is 0 Å². The molecule has 0 amide bonds. The van der Waals surface area contributed by atoms with E-state index in [0.717, 1.165) is 24.8 Å². The van der Waals surface area contributed by atoms with E-state index in [2.05, 4.69) is 116 Å². The maximum atomic E-state index is 11.6. The third-order valence-electron chi connectivity index (χ3n) is 9.49. The first-order chi connectivity index (χ1) is 16.5. The van der Waals surface area contributed by atoms with Crippen LogP contribution in [-0.4, -0.2) is 25.1 Å². The summed E-state index contributed by atoms with van der Waals surface area (Å²) in [7, 11) is -1.98. The van der Waals surface area contributed by atoms with E-state index in [1.54, 1.807) is 0 Å². The molecule has 1 N–H and O–H groups in total. The van der Waals surface area contributed by atoms with Gasteiger partial charge in [0, 0.05) is 10.8 Å². The zero-order valence-corrected chi connectivity index (χ0v) is 25.0. The second-order valence-electron chi connectivity index (χ2n) is 13.4. The Kier molecular flexibility index (Phi) is 6.64. The maximum Gasteiger partial charge on any atom is 0.192 e. The summed E-state index contributed by atoms with van der Waals surface area (Å²) in [6.07, 6.45) is 22.9. The Morgan fingerprint density at radius 1 is 1.08 bits per heavy atom. The van der Waals surface area contributed by atoms with Crippen LogP contribution in [0.1, 0.15) is 67.7 Å². The topological polar surface area (TPSA) is 29.5 Å². The zero-order valence-electron chi connectivity index (χ0n) is 24.0. The molecule has 0 saturated heterocycles. The van der Waals surface area contributed by atoms with Crippen LogP contribution in [0.4, 0.5) is 0 Å². The summed E-state index contributed by atoms with van der Waals surface area (Å²) < 4.78 is 7.07. The first kappa shape index (κ1) is 27.1. The molecule has 0 heterocycles. The molecule has 4 aliphatic rings. The molecule has 0 aromatic carbocycles. The van der Waals surface area contributed by atoms with Crippen molar-refractivity contribution in [1.82, 2.24) is 0 Å². The maximum absolute atomic E-state index is 11.6. The number of rotatable bonds is 7. The van der Waals surface area contributed by atoms with Gasteiger partial charge in [-0.3, -0.25) is 0 Å². The zero-order chi connectivity index (χ0) is 26.7. The van der Waals surface area contributed by atoms with Crippen LogP contribution in [0, 0.1) is 10.8 Å². The summed E-state index contributed by atoms with van der Waals surface area (Å²) in [5.41, 5.74) is 6.03. The van der Waals surface area contributed by atoms with Crippen LogP contribution in [0.5, 0.6) is 0 Å². The fourth-order valence-electron chi connectivity index (χ4n) is 6.08. The van der Waals surface area contributed by atoms with E-state index in [9.17, 15) is 5.11 Å². The van der Waals surface area contributed by atoms with Crippen LogP contribution in [0.3, 0.4) is 0 Å². The van der Waals surface area contributed by atoms with Crippen molar-refractivity contribution in [2.24, 2.45) is 10.8 Å². The van der Waals surface area contributed by atoms with Crippen LogP contribution in [-0.2, 0) is 4.43 Å². The average molecular weight is 503 g/mol. The summed E-state index contributed by atoms with van der Waals surface area (Å²) in [5, 5.41) is 11.7. The van der Waals surface area contributed by atoms with Crippen LogP contribution < -0.4 is 0 Å². The molecule has 3 unspecified atom stereocenters. The smallest absolute Gasteiger partial charge is 0.192 e. The predicted molar refractivity (Wildman–Crippen MR) is 156 cm³/mol. The molecular formula is C33H46O2Si. The van der Waals surface area contributed by atoms with Gasteiger partial charge in [-0.25, -0.2) is 0 Å². The van der Waals surface area contributed by atoms with Gasteiger partial charge in [-0.1, -0.05) is 81.0 Å². The van der Waals surface area contributed by atoms with Crippen molar-refractivity contribution in [3.8, 4) is 0 Å². The molecule has 0 bridgehead atoms. The molecule has 0 aliphatic heterocycles. The van der Waals surface area contributed by atoms with E-state index in [0.29, 0.717) is 0 Å². The molecule has 0 aromatic rings. The summed E-state index contributed by atoms with van der Waals surface area (Å²) in [4.78, 5) is 0. The Hall–Kier alpha value is -1.94. The molecule has 0 spiro atoms. The van der Waals surface area contributed by atoms with Gasteiger partial charge >= 0.3 is 0 Å². The molecule has 3 heteroatoms. The molecule has 4 atom stereocenters. The molecule has 0 aromatic heterocycles. The second kappa shape index (κ2) is 8.82. The summed E-state index contributed by atoms with van der Waals surface area (Å²) in [6.45, 7) is 24.3. The van der Waals surface area contributed by atoms with Crippen molar-refractivity contribution < 1.29 is 9.53 Å². The van der Waals surface area contributed by atoms with Gasteiger partial charge in [-0.15, -0.1) is 6.58 Å². The lowest BCUT2D eigenvalue weighted by Crippen LogP contribution is -2.50. The number of fused-ring (bicyclic) bond motifs is 4. The Morgan fingerprint density at radius 3 is 2.42 bits per heavy atom. The molecule has 36 heavy (non-hydrogen) atoms. The third-order valence-corrected chi connectivity index (χ3v) is 13.9. The Morgan fingerprint density at radius 2 is 1.78 bits per heavy atom. The molecule has 0 saturated carbocycles. The van der Waals surface area contributed by atoms with Crippen molar-refractivity contribution in [3.05, 3.63) is 94.7 Å². The van der Waals surface area contributed by atoms with E-state index < -0.39 is 13.9 Å². The normalized spacial score (nSPS) is 30.7. The fourth-order valence-corrected chi connectivity index (χ4v) is 7.39. The largest absolute Gasteiger partial charge is 0.409 e. The first-order valence-electron chi connectivity index (χ1n) is 13.5. The Labute approximate surface area is 220 Å². The van der Waals surface area contributed by atoms with Crippen molar-refractivity contribution >= 4 is 8.32 Å². The molecular weight excluding hydrogens is 456 g/mol. The quantitative estimate of drug-likeness (QED) is 0.279. The molecule has 0 fully saturated rings. The predicted octanol–water partition coefficient (Wildman–Crippen LogP) is 8.69. The van der Waals surface area contributed by atoms with E-state index in [-0.39, 0.29) is 22.0 Å². The number of hydrogen-bond donors (Lipinski definition) is 1. The third kappa shape index (κ3) is 4.27. The van der Waals surface area contributed by atoms with E-state index in [4.69, 9.17) is 4.43 Å². The lowest BCUT2D eigenvalue weighted by Gasteiger charge is -2.50. The standard InChI is InChI=1S/C33H46O2Si/c1-23(2)13-12-21-32(7,34)28-19-18-26-25-17-16-24-14-11-15-29(35-36(9,10)30(3,4)5)33(24,8)27(25)20-22-31(26,28)6/h11,14-20,22,29,34H,1,12-13,21H2,2-10H3/t29?,31?,32-,33?/m0/s1. The Balaban J connectivity index is 1.68. The highest BCUT2D eigenvalue weighted by Gasteiger charge is 2.51. The number of allylic oxidation sites excluding steroid dienone is 11. The minimum absolute atomic E-state index is 0.0120. The van der Waals surface area contributed by atoms with Crippen LogP contribution >= 0.6 is 0 Å². The van der Waals surface area contributed by atoms with Gasteiger partial charge in [0.05, 0.1) is 11.7 Å². The SMILES string of the molecule is C=C(C)CCC[C@](C)(O)C1=CC=C2C3=C(C=CC21C)C1(C)C(=CC=CC1O[Si](C)(C)C(C)(C)C)C=C3. The van der Waals surface area contributed by atoms with E-state index in [1.165, 1.54) is 27.9 Å². The first-order valence-corrected chi connectivity index (χ1v) is 16.4. The monoisotopic (exact) mass is 502 g/mol. The van der Waals surface area contributed by atoms with Crippen molar-refractivity contribution in [2.45, 2.75) is 97.6 Å². The van der Waals surface area contributed by atoms with Crippen LogP contribution in [0.2, 0.25) is 18.1 Å². The lowest BCUT2D eigenvalue weighted by atomic mass is 9.59. The molecule has 0 radical (unpaired) electrons. The fraction of sp³-hybridized carbons (Fsp3) is 0.515. The summed E-state index contributed by atoms with van der Waals surface area (Å²) >= 11 is 0. The summed E-state index contributed by atoms with van der Waals surface area (Å²) in [6, 6.07) is 0. The average Bonchev–Trinajstić information content (AvgIpc) is 3.11. The molecule has 194 valence electrons. The van der Waals surface area contributed by atoms with Gasteiger partial charge in [0.15, 0.2) is 8.32 Å². The van der Waals surface area contributed by atoms with E-state index in [1.807, 2.05) is 6.92 Å². The van der Waals surface area contributed by atoms with Gasteiger partial charge in [0.1, 0.15) is 0 Å². The molecule has 2 nitrogen and oxygen atoms in total. The van der Waals surface area contributed by atoms with Gasteiger partial charge in [0.2, 0.25) is 0 Å². The highest BCUT2D eigenvalue weighted by molar-refractivity contribution is 6.74. The highest BCUT2D eigenvalue weighted by atomic mass is 28.4. The van der Waals surface area contributed by atoms with E-state index >= 15 is 0 Å². The van der Waals surface area contributed by atoms with Crippen LogP contribution in [0.25, 0.3) is 0 Å². The lowest BCUT2D eigenvalue weighted by molar-refractivity contribution is 0.0737. The highest BCUT2D eigenvalue weighted by Crippen LogP contribution is 2.59. The molecule has 4 rings (SSSR count). The minimum Gasteiger partial charge on any atom is -0.409 e.